The summed E-state index contributed by atoms with van der Waals surface area (Å²) in [5.74, 6) is -2.29. The second kappa shape index (κ2) is 6.57. The molecule has 0 bridgehead atoms. The summed E-state index contributed by atoms with van der Waals surface area (Å²) in [7, 11) is 0. The number of furan rings is 1. The van der Waals surface area contributed by atoms with Crippen LogP contribution in [0.25, 0.3) is 0 Å². The van der Waals surface area contributed by atoms with Gasteiger partial charge in [0.05, 0.1) is 12.8 Å². The standard InChI is InChI=1S/C18H16F3N3O3/c1-11-6-3-4-8-14(11)15(25)23-17(18(19,20)21)16(26)24(12(2)22-17)10-13-7-5-9-27-13/h3-9H,10H2,1-2H3,(H,23,25). The van der Waals surface area contributed by atoms with E-state index in [2.05, 4.69) is 4.99 Å². The van der Waals surface area contributed by atoms with E-state index in [1.54, 1.807) is 30.4 Å². The number of aryl methyl sites for hydroxylation is 1. The highest BCUT2D eigenvalue weighted by atomic mass is 19.4. The van der Waals surface area contributed by atoms with Crippen LogP contribution in [0.2, 0.25) is 0 Å². The van der Waals surface area contributed by atoms with Crippen LogP contribution in [-0.4, -0.2) is 34.4 Å². The van der Waals surface area contributed by atoms with Crippen LogP contribution in [0.15, 0.2) is 52.1 Å². The Morgan fingerprint density at radius 2 is 1.93 bits per heavy atom. The highest BCUT2D eigenvalue weighted by molar-refractivity contribution is 6.10. The summed E-state index contributed by atoms with van der Waals surface area (Å²) in [4.78, 5) is 29.5. The second-order valence-corrected chi connectivity index (χ2v) is 6.11. The minimum atomic E-state index is -5.12. The maximum Gasteiger partial charge on any atom is 0.442 e. The normalized spacial score (nSPS) is 20.0. The minimum absolute atomic E-state index is 0.0336. The molecule has 0 aliphatic carbocycles. The minimum Gasteiger partial charge on any atom is -0.467 e. The van der Waals surface area contributed by atoms with Crippen LogP contribution in [0, 0.1) is 6.92 Å². The molecule has 0 saturated heterocycles. The Balaban J connectivity index is 1.96. The van der Waals surface area contributed by atoms with Gasteiger partial charge in [0.1, 0.15) is 11.6 Å². The Kier molecular flexibility index (Phi) is 4.54. The van der Waals surface area contributed by atoms with Gasteiger partial charge < -0.3 is 9.73 Å². The van der Waals surface area contributed by atoms with E-state index < -0.39 is 23.7 Å². The number of carbonyl (C=O) groups is 2. The molecule has 1 aromatic heterocycles. The predicted octanol–water partition coefficient (Wildman–Crippen LogP) is 3.04. The van der Waals surface area contributed by atoms with Crippen molar-refractivity contribution in [2.45, 2.75) is 32.2 Å². The lowest BCUT2D eigenvalue weighted by Gasteiger charge is -2.29. The number of hydrogen-bond donors (Lipinski definition) is 1. The lowest BCUT2D eigenvalue weighted by Crippen LogP contribution is -2.63. The maximum atomic E-state index is 13.9. The molecule has 142 valence electrons. The highest BCUT2D eigenvalue weighted by Crippen LogP contribution is 2.38. The first kappa shape index (κ1) is 18.7. The van der Waals surface area contributed by atoms with E-state index in [1.165, 1.54) is 31.4 Å². The molecule has 1 aliphatic rings. The van der Waals surface area contributed by atoms with Gasteiger partial charge in [0.25, 0.3) is 11.8 Å². The summed E-state index contributed by atoms with van der Waals surface area (Å²) < 4.78 is 46.7. The van der Waals surface area contributed by atoms with Gasteiger partial charge >= 0.3 is 11.8 Å². The number of amides is 2. The zero-order valence-corrected chi connectivity index (χ0v) is 14.5. The first-order chi connectivity index (χ1) is 12.7. The molecule has 2 heterocycles. The Hall–Kier alpha value is -3.10. The van der Waals surface area contributed by atoms with Crippen LogP contribution in [0.3, 0.4) is 0 Å². The molecular formula is C18H16F3N3O3. The molecule has 2 amide bonds. The molecule has 0 radical (unpaired) electrons. The number of aliphatic imine (C=N–C) groups is 1. The highest BCUT2D eigenvalue weighted by Gasteiger charge is 2.66. The third-order valence-corrected chi connectivity index (χ3v) is 4.26. The summed E-state index contributed by atoms with van der Waals surface area (Å²) in [6.45, 7) is 2.64. The predicted molar refractivity (Wildman–Crippen MR) is 89.8 cm³/mol. The van der Waals surface area contributed by atoms with Gasteiger partial charge in [-0.25, -0.2) is 4.99 Å². The first-order valence-corrected chi connectivity index (χ1v) is 8.01. The van der Waals surface area contributed by atoms with Crippen LogP contribution in [0.1, 0.15) is 28.6 Å². The van der Waals surface area contributed by atoms with Crippen molar-refractivity contribution in [3.8, 4) is 0 Å². The van der Waals surface area contributed by atoms with E-state index >= 15 is 0 Å². The molecule has 1 aromatic carbocycles. The van der Waals surface area contributed by atoms with E-state index in [9.17, 15) is 22.8 Å². The van der Waals surface area contributed by atoms with Gasteiger partial charge in [-0.2, -0.15) is 13.2 Å². The number of carbonyl (C=O) groups excluding carboxylic acids is 2. The molecule has 1 N–H and O–H groups in total. The van der Waals surface area contributed by atoms with E-state index in [1.807, 2.05) is 0 Å². The average molecular weight is 379 g/mol. The summed E-state index contributed by atoms with van der Waals surface area (Å²) in [5, 5.41) is 1.81. The number of nitrogens with one attached hydrogen (secondary N) is 1. The Labute approximate surface area is 152 Å². The molecule has 1 unspecified atom stereocenters. The zero-order chi connectivity index (χ0) is 19.8. The van der Waals surface area contributed by atoms with Crippen LogP contribution in [-0.2, 0) is 11.3 Å². The summed E-state index contributed by atoms with van der Waals surface area (Å²) in [6.07, 6.45) is -3.78. The Morgan fingerprint density at radius 3 is 2.52 bits per heavy atom. The largest absolute Gasteiger partial charge is 0.467 e. The van der Waals surface area contributed by atoms with Crippen LogP contribution in [0.5, 0.6) is 0 Å². The molecule has 3 rings (SSSR count). The molecule has 0 spiro atoms. The number of hydrogen-bond acceptors (Lipinski definition) is 4. The monoisotopic (exact) mass is 379 g/mol. The second-order valence-electron chi connectivity index (χ2n) is 6.11. The van der Waals surface area contributed by atoms with Crippen LogP contribution < -0.4 is 5.32 Å². The van der Waals surface area contributed by atoms with Gasteiger partial charge in [0.2, 0.25) is 0 Å². The van der Waals surface area contributed by atoms with E-state index in [-0.39, 0.29) is 17.9 Å². The fraction of sp³-hybridized carbons (Fsp3) is 0.278. The average Bonchev–Trinajstić information content (AvgIpc) is 3.18. The fourth-order valence-electron chi connectivity index (χ4n) is 2.83. The van der Waals surface area contributed by atoms with Crippen molar-refractivity contribution in [3.05, 3.63) is 59.5 Å². The zero-order valence-electron chi connectivity index (χ0n) is 14.5. The van der Waals surface area contributed by atoms with Gasteiger partial charge in [-0.3, -0.25) is 14.5 Å². The van der Waals surface area contributed by atoms with Crippen molar-refractivity contribution >= 4 is 17.6 Å². The molecule has 2 aromatic rings. The topological polar surface area (TPSA) is 74.9 Å². The third-order valence-electron chi connectivity index (χ3n) is 4.26. The smallest absolute Gasteiger partial charge is 0.442 e. The van der Waals surface area contributed by atoms with Gasteiger partial charge in [-0.05, 0) is 37.6 Å². The number of rotatable bonds is 4. The van der Waals surface area contributed by atoms with Crippen molar-refractivity contribution < 1.29 is 27.2 Å². The van der Waals surface area contributed by atoms with Crippen LogP contribution >= 0.6 is 0 Å². The van der Waals surface area contributed by atoms with Crippen molar-refractivity contribution in [1.29, 1.82) is 0 Å². The molecule has 1 atom stereocenters. The van der Waals surface area contributed by atoms with Gasteiger partial charge in [0, 0.05) is 5.56 Å². The Bertz CT molecular complexity index is 906. The van der Waals surface area contributed by atoms with Crippen molar-refractivity contribution in [2.75, 3.05) is 0 Å². The summed E-state index contributed by atoms with van der Waals surface area (Å²) in [5.41, 5.74) is -2.86. The Morgan fingerprint density at radius 1 is 1.22 bits per heavy atom. The van der Waals surface area contributed by atoms with E-state index in [0.29, 0.717) is 11.3 Å². The van der Waals surface area contributed by atoms with Gasteiger partial charge in [-0.1, -0.05) is 18.2 Å². The van der Waals surface area contributed by atoms with Crippen molar-refractivity contribution in [2.24, 2.45) is 4.99 Å². The number of alkyl halides is 3. The lowest BCUT2D eigenvalue weighted by atomic mass is 10.1. The molecule has 27 heavy (non-hydrogen) atoms. The number of nitrogens with zero attached hydrogens (tertiary/aromatic N) is 2. The SMILES string of the molecule is CC1=NC(NC(=O)c2ccccc2C)(C(F)(F)F)C(=O)N1Cc1ccco1. The number of halogens is 3. The molecular weight excluding hydrogens is 363 g/mol. The molecule has 9 heteroatoms. The van der Waals surface area contributed by atoms with Gasteiger partial charge in [0.15, 0.2) is 0 Å². The van der Waals surface area contributed by atoms with E-state index in [0.717, 1.165) is 4.90 Å². The number of amidine groups is 1. The molecule has 0 saturated carbocycles. The maximum absolute atomic E-state index is 13.9. The summed E-state index contributed by atoms with van der Waals surface area (Å²) in [6, 6.07) is 9.23. The fourth-order valence-corrected chi connectivity index (χ4v) is 2.83. The van der Waals surface area contributed by atoms with Crippen molar-refractivity contribution in [1.82, 2.24) is 10.2 Å². The third kappa shape index (κ3) is 3.20. The molecule has 0 fully saturated rings. The van der Waals surface area contributed by atoms with Gasteiger partial charge in [-0.15, -0.1) is 0 Å². The lowest BCUT2D eigenvalue weighted by molar-refractivity contribution is -0.196. The van der Waals surface area contributed by atoms with E-state index in [4.69, 9.17) is 4.42 Å². The number of benzene rings is 1. The quantitative estimate of drug-likeness (QED) is 0.887. The van der Waals surface area contributed by atoms with Crippen LogP contribution in [0.4, 0.5) is 13.2 Å². The van der Waals surface area contributed by atoms with Crippen molar-refractivity contribution in [3.63, 3.8) is 0 Å². The first-order valence-electron chi connectivity index (χ1n) is 8.01. The summed E-state index contributed by atoms with van der Waals surface area (Å²) >= 11 is 0. The molecule has 6 nitrogen and oxygen atoms in total. The molecule has 1 aliphatic heterocycles.